The topological polar surface area (TPSA) is 78.0 Å². The van der Waals surface area contributed by atoms with E-state index in [2.05, 4.69) is 0 Å². The standard InChI is InChI=1S/C24H33N3O4/c1-17-5-7-18(8-6-17)20(28)9-10-21(29)25-11-13-26(14-12-25)23(31)19-15-22(30)27(16-19)24(2,3)4/h5-8,19H,9-16H2,1-4H3. The van der Waals surface area contributed by atoms with Crippen molar-refractivity contribution in [2.45, 2.75) is 52.5 Å². The second-order valence-electron chi connectivity index (χ2n) is 9.57. The van der Waals surface area contributed by atoms with Gasteiger partial charge in [0.1, 0.15) is 0 Å². The maximum absolute atomic E-state index is 12.9. The van der Waals surface area contributed by atoms with Crippen LogP contribution >= 0.6 is 0 Å². The van der Waals surface area contributed by atoms with Gasteiger partial charge in [-0.3, -0.25) is 19.2 Å². The molecule has 0 N–H and O–H groups in total. The number of Topliss-reactive ketones (excluding diaryl/α,β-unsaturated/α-hetero) is 1. The van der Waals surface area contributed by atoms with Gasteiger partial charge in [-0.15, -0.1) is 0 Å². The van der Waals surface area contributed by atoms with E-state index in [1.54, 1.807) is 26.8 Å². The van der Waals surface area contributed by atoms with E-state index in [4.69, 9.17) is 0 Å². The summed E-state index contributed by atoms with van der Waals surface area (Å²) in [6.45, 7) is 10.2. The highest BCUT2D eigenvalue weighted by atomic mass is 16.2. The van der Waals surface area contributed by atoms with Crippen molar-refractivity contribution in [1.82, 2.24) is 14.7 Å². The molecule has 3 rings (SSSR count). The smallest absolute Gasteiger partial charge is 0.228 e. The molecule has 2 saturated heterocycles. The molecule has 0 aliphatic carbocycles. The molecular weight excluding hydrogens is 394 g/mol. The van der Waals surface area contributed by atoms with Crippen LogP contribution in [0.15, 0.2) is 24.3 Å². The van der Waals surface area contributed by atoms with Crippen molar-refractivity contribution in [1.29, 1.82) is 0 Å². The molecule has 168 valence electrons. The van der Waals surface area contributed by atoms with Crippen molar-refractivity contribution in [2.24, 2.45) is 5.92 Å². The predicted molar refractivity (Wildman–Crippen MR) is 117 cm³/mol. The monoisotopic (exact) mass is 427 g/mol. The largest absolute Gasteiger partial charge is 0.339 e. The Morgan fingerprint density at radius 3 is 2.06 bits per heavy atom. The second-order valence-corrected chi connectivity index (χ2v) is 9.57. The molecule has 2 heterocycles. The molecule has 2 fully saturated rings. The molecule has 0 radical (unpaired) electrons. The third kappa shape index (κ3) is 5.51. The minimum absolute atomic E-state index is 0.00162. The number of rotatable bonds is 5. The van der Waals surface area contributed by atoms with Crippen LogP contribution in [0, 0.1) is 12.8 Å². The Bertz CT molecular complexity index is 849. The summed E-state index contributed by atoms with van der Waals surface area (Å²) in [6.07, 6.45) is 0.628. The van der Waals surface area contributed by atoms with Crippen LogP contribution in [0.1, 0.15) is 56.0 Å². The molecule has 1 unspecified atom stereocenters. The summed E-state index contributed by atoms with van der Waals surface area (Å²) in [5.41, 5.74) is 1.44. The molecular formula is C24H33N3O4. The lowest BCUT2D eigenvalue weighted by Gasteiger charge is -2.36. The van der Waals surface area contributed by atoms with Crippen molar-refractivity contribution in [2.75, 3.05) is 32.7 Å². The lowest BCUT2D eigenvalue weighted by atomic mass is 10.0. The van der Waals surface area contributed by atoms with E-state index in [1.165, 1.54) is 0 Å². The third-order valence-electron chi connectivity index (χ3n) is 6.17. The molecule has 31 heavy (non-hydrogen) atoms. The quantitative estimate of drug-likeness (QED) is 0.676. The molecule has 1 aromatic carbocycles. The van der Waals surface area contributed by atoms with E-state index < -0.39 is 0 Å². The van der Waals surface area contributed by atoms with Gasteiger partial charge < -0.3 is 14.7 Å². The zero-order chi connectivity index (χ0) is 22.8. The Morgan fingerprint density at radius 2 is 1.52 bits per heavy atom. The Balaban J connectivity index is 1.45. The van der Waals surface area contributed by atoms with Gasteiger partial charge in [0.15, 0.2) is 5.78 Å². The molecule has 0 spiro atoms. The molecule has 7 heteroatoms. The zero-order valence-electron chi connectivity index (χ0n) is 19.0. The lowest BCUT2D eigenvalue weighted by Crippen LogP contribution is -2.52. The van der Waals surface area contributed by atoms with Crippen LogP contribution in [0.25, 0.3) is 0 Å². The average molecular weight is 428 g/mol. The van der Waals surface area contributed by atoms with E-state index >= 15 is 0 Å². The molecule has 0 bridgehead atoms. The van der Waals surface area contributed by atoms with Crippen LogP contribution < -0.4 is 0 Å². The lowest BCUT2D eigenvalue weighted by molar-refractivity contribution is -0.142. The van der Waals surface area contributed by atoms with Crippen LogP contribution in [0.3, 0.4) is 0 Å². The van der Waals surface area contributed by atoms with E-state index in [9.17, 15) is 19.2 Å². The summed E-state index contributed by atoms with van der Waals surface area (Å²) in [5.74, 6) is -0.361. The summed E-state index contributed by atoms with van der Waals surface area (Å²) in [6, 6.07) is 7.37. The van der Waals surface area contributed by atoms with Gasteiger partial charge in [0.05, 0.1) is 5.92 Å². The number of nitrogens with zero attached hydrogens (tertiary/aromatic N) is 3. The first-order chi connectivity index (χ1) is 14.6. The van der Waals surface area contributed by atoms with Crippen LogP contribution in [-0.2, 0) is 14.4 Å². The SMILES string of the molecule is Cc1ccc(C(=O)CCC(=O)N2CCN(C(=O)C3CC(=O)N(C(C)(C)C)C3)CC2)cc1. The Kier molecular flexibility index (Phi) is 6.82. The maximum Gasteiger partial charge on any atom is 0.228 e. The average Bonchev–Trinajstić information content (AvgIpc) is 3.14. The minimum Gasteiger partial charge on any atom is -0.339 e. The van der Waals surface area contributed by atoms with Gasteiger partial charge in [-0.2, -0.15) is 0 Å². The van der Waals surface area contributed by atoms with Gasteiger partial charge in [0.2, 0.25) is 17.7 Å². The van der Waals surface area contributed by atoms with Gasteiger partial charge in [0.25, 0.3) is 0 Å². The number of hydrogen-bond acceptors (Lipinski definition) is 4. The summed E-state index contributed by atoms with van der Waals surface area (Å²) in [5, 5.41) is 0. The molecule has 2 aliphatic rings. The number of carbonyl (C=O) groups excluding carboxylic acids is 4. The fourth-order valence-corrected chi connectivity index (χ4v) is 4.22. The van der Waals surface area contributed by atoms with Gasteiger partial charge in [-0.25, -0.2) is 0 Å². The third-order valence-corrected chi connectivity index (χ3v) is 6.17. The fourth-order valence-electron chi connectivity index (χ4n) is 4.22. The van der Waals surface area contributed by atoms with E-state index in [0.29, 0.717) is 38.3 Å². The fraction of sp³-hybridized carbons (Fsp3) is 0.583. The van der Waals surface area contributed by atoms with Gasteiger partial charge in [-0.05, 0) is 27.7 Å². The van der Waals surface area contributed by atoms with E-state index in [-0.39, 0.29) is 54.2 Å². The first kappa shape index (κ1) is 23.0. The number of benzene rings is 1. The number of ketones is 1. The highest BCUT2D eigenvalue weighted by Crippen LogP contribution is 2.27. The highest BCUT2D eigenvalue weighted by molar-refractivity contribution is 5.98. The number of hydrogen-bond donors (Lipinski definition) is 0. The molecule has 0 aromatic heterocycles. The Labute approximate surface area is 184 Å². The van der Waals surface area contributed by atoms with Crippen LogP contribution in [0.4, 0.5) is 0 Å². The molecule has 0 saturated carbocycles. The molecule has 1 aromatic rings. The minimum atomic E-state index is -0.305. The number of piperazine rings is 1. The summed E-state index contributed by atoms with van der Waals surface area (Å²) < 4.78 is 0. The van der Waals surface area contributed by atoms with Gasteiger partial charge in [0, 0.05) is 63.1 Å². The first-order valence-corrected chi connectivity index (χ1v) is 11.0. The molecule has 2 aliphatic heterocycles. The number of amides is 3. The van der Waals surface area contributed by atoms with Gasteiger partial charge >= 0.3 is 0 Å². The van der Waals surface area contributed by atoms with E-state index in [0.717, 1.165) is 5.56 Å². The zero-order valence-corrected chi connectivity index (χ0v) is 19.0. The molecule has 3 amide bonds. The Morgan fingerprint density at radius 1 is 0.935 bits per heavy atom. The van der Waals surface area contributed by atoms with Crippen molar-refractivity contribution < 1.29 is 19.2 Å². The van der Waals surface area contributed by atoms with Crippen molar-refractivity contribution >= 4 is 23.5 Å². The predicted octanol–water partition coefficient (Wildman–Crippen LogP) is 2.28. The van der Waals surface area contributed by atoms with Crippen LogP contribution in [0.2, 0.25) is 0 Å². The van der Waals surface area contributed by atoms with Crippen LogP contribution in [-0.4, -0.2) is 76.5 Å². The summed E-state index contributed by atoms with van der Waals surface area (Å²) >= 11 is 0. The highest BCUT2D eigenvalue weighted by Gasteiger charge is 2.41. The number of carbonyl (C=O) groups is 4. The van der Waals surface area contributed by atoms with Crippen LogP contribution in [0.5, 0.6) is 0 Å². The summed E-state index contributed by atoms with van der Waals surface area (Å²) in [7, 11) is 0. The number of likely N-dealkylation sites (tertiary alicyclic amines) is 1. The van der Waals surface area contributed by atoms with Crippen molar-refractivity contribution in [3.8, 4) is 0 Å². The molecule has 1 atom stereocenters. The number of aryl methyl sites for hydroxylation is 1. The normalized spacial score (nSPS) is 19.7. The van der Waals surface area contributed by atoms with Crippen molar-refractivity contribution in [3.05, 3.63) is 35.4 Å². The van der Waals surface area contributed by atoms with E-state index in [1.807, 2.05) is 39.8 Å². The maximum atomic E-state index is 12.9. The van der Waals surface area contributed by atoms with Crippen molar-refractivity contribution in [3.63, 3.8) is 0 Å². The molecule has 7 nitrogen and oxygen atoms in total. The first-order valence-electron chi connectivity index (χ1n) is 11.0. The summed E-state index contributed by atoms with van der Waals surface area (Å²) in [4.78, 5) is 55.3. The Hall–Kier alpha value is -2.70. The van der Waals surface area contributed by atoms with Gasteiger partial charge in [-0.1, -0.05) is 29.8 Å². The second kappa shape index (κ2) is 9.20.